The van der Waals surface area contributed by atoms with Crippen LogP contribution in [-0.4, -0.2) is 16.9 Å². The zero-order valence-electron chi connectivity index (χ0n) is 19.3. The molecule has 190 valence electrons. The number of nitrogens with zero attached hydrogens (tertiary/aromatic N) is 1. The maximum atomic E-state index is 13.4. The predicted octanol–water partition coefficient (Wildman–Crippen LogP) is 7.77. The van der Waals surface area contributed by atoms with Crippen LogP contribution < -0.4 is 15.0 Å². The molecule has 10 heteroatoms. The molecule has 1 saturated heterocycles. The van der Waals surface area contributed by atoms with Crippen molar-refractivity contribution in [2.45, 2.75) is 6.61 Å². The Morgan fingerprint density at radius 1 is 0.921 bits per heavy atom. The summed E-state index contributed by atoms with van der Waals surface area (Å²) in [6.45, 7) is 0.408. The molecular formula is C28H16Cl2I2N2O3S. The zero-order chi connectivity index (χ0) is 27.0. The standard InChI is InChI=1S/C28H16Cl2I2N2O3S/c29-20-6-3-7-23(24(20)30)34-27(36)19(26(35)33-28(34)38)11-16-12-21(31)25(22(32)13-16)37-14-15-8-9-17-4-1-2-5-18(17)10-15/h1-13H,14H2,(H,33,35,38)/b19-11+. The number of anilines is 1. The van der Waals surface area contributed by atoms with E-state index in [0.29, 0.717) is 17.9 Å². The summed E-state index contributed by atoms with van der Waals surface area (Å²) in [5.74, 6) is -0.449. The topological polar surface area (TPSA) is 58.6 Å². The van der Waals surface area contributed by atoms with E-state index in [1.54, 1.807) is 18.2 Å². The van der Waals surface area contributed by atoms with E-state index in [2.05, 4.69) is 80.8 Å². The van der Waals surface area contributed by atoms with E-state index in [4.69, 9.17) is 40.2 Å². The van der Waals surface area contributed by atoms with Gasteiger partial charge in [0.05, 0.1) is 22.9 Å². The number of carbonyl (C=O) groups is 2. The van der Waals surface area contributed by atoms with Crippen LogP contribution in [0.2, 0.25) is 10.0 Å². The molecule has 0 saturated carbocycles. The first kappa shape index (κ1) is 27.3. The Kier molecular flexibility index (Phi) is 8.25. The van der Waals surface area contributed by atoms with E-state index >= 15 is 0 Å². The van der Waals surface area contributed by atoms with E-state index in [1.807, 2.05) is 24.3 Å². The largest absolute Gasteiger partial charge is 0.487 e. The van der Waals surface area contributed by atoms with Gasteiger partial charge >= 0.3 is 0 Å². The van der Waals surface area contributed by atoms with Crippen molar-refractivity contribution in [1.82, 2.24) is 5.32 Å². The number of ether oxygens (including phenoxy) is 1. The summed E-state index contributed by atoms with van der Waals surface area (Å²) in [7, 11) is 0. The van der Waals surface area contributed by atoms with E-state index in [-0.39, 0.29) is 20.7 Å². The number of rotatable bonds is 5. The summed E-state index contributed by atoms with van der Waals surface area (Å²) < 4.78 is 7.86. The molecule has 5 nitrogen and oxygen atoms in total. The van der Waals surface area contributed by atoms with Crippen LogP contribution in [0.15, 0.2) is 78.4 Å². The van der Waals surface area contributed by atoms with Gasteiger partial charge in [0, 0.05) is 0 Å². The highest BCUT2D eigenvalue weighted by Gasteiger charge is 2.35. The van der Waals surface area contributed by atoms with Gasteiger partial charge in [-0.1, -0.05) is 65.7 Å². The fourth-order valence-corrected chi connectivity index (χ4v) is 6.77. The Bertz CT molecular complexity index is 1650. The second-order valence-corrected chi connectivity index (χ2v) is 11.8. The molecule has 1 aliphatic heterocycles. The lowest BCUT2D eigenvalue weighted by atomic mass is 10.1. The van der Waals surface area contributed by atoms with Gasteiger partial charge in [0.2, 0.25) is 0 Å². The van der Waals surface area contributed by atoms with Crippen LogP contribution in [0, 0.1) is 7.14 Å². The van der Waals surface area contributed by atoms with Crippen LogP contribution in [0.1, 0.15) is 11.1 Å². The molecule has 1 fully saturated rings. The predicted molar refractivity (Wildman–Crippen MR) is 173 cm³/mol. The lowest BCUT2D eigenvalue weighted by Gasteiger charge is -2.29. The average molecular weight is 785 g/mol. The van der Waals surface area contributed by atoms with Gasteiger partial charge in [-0.2, -0.15) is 0 Å². The van der Waals surface area contributed by atoms with Crippen LogP contribution in [-0.2, 0) is 16.2 Å². The molecule has 5 rings (SSSR count). The van der Waals surface area contributed by atoms with Crippen LogP contribution in [0.3, 0.4) is 0 Å². The molecule has 0 radical (unpaired) electrons. The molecule has 4 aromatic carbocycles. The molecule has 38 heavy (non-hydrogen) atoms. The molecule has 1 N–H and O–H groups in total. The number of amides is 2. The molecule has 0 unspecified atom stereocenters. The number of halogens is 4. The maximum Gasteiger partial charge on any atom is 0.270 e. The van der Waals surface area contributed by atoms with Crippen molar-refractivity contribution in [3.05, 3.63) is 107 Å². The average Bonchev–Trinajstić information content (AvgIpc) is 2.88. The first-order chi connectivity index (χ1) is 18.2. The highest BCUT2D eigenvalue weighted by atomic mass is 127. The van der Waals surface area contributed by atoms with E-state index < -0.39 is 11.8 Å². The first-order valence-corrected chi connectivity index (χ1v) is 14.5. The van der Waals surface area contributed by atoms with Gasteiger partial charge in [-0.05, 0) is 116 Å². The van der Waals surface area contributed by atoms with Crippen LogP contribution in [0.25, 0.3) is 16.8 Å². The Labute approximate surface area is 261 Å². The number of benzene rings is 4. The van der Waals surface area contributed by atoms with Crippen LogP contribution >= 0.6 is 80.6 Å². The summed E-state index contributed by atoms with van der Waals surface area (Å²) in [5.41, 5.74) is 1.94. The van der Waals surface area contributed by atoms with Crippen molar-refractivity contribution in [2.75, 3.05) is 4.90 Å². The summed E-state index contributed by atoms with van der Waals surface area (Å²) in [5, 5.41) is 5.27. The lowest BCUT2D eigenvalue weighted by Crippen LogP contribution is -2.54. The van der Waals surface area contributed by atoms with Gasteiger partial charge in [0.25, 0.3) is 11.8 Å². The number of hydrogen-bond donors (Lipinski definition) is 1. The number of hydrogen-bond acceptors (Lipinski definition) is 4. The monoisotopic (exact) mass is 784 g/mol. The highest BCUT2D eigenvalue weighted by Crippen LogP contribution is 2.35. The third-order valence-corrected chi connectivity index (χ3v) is 8.50. The van der Waals surface area contributed by atoms with Crippen LogP contribution in [0.4, 0.5) is 5.69 Å². The summed E-state index contributed by atoms with van der Waals surface area (Å²) >= 11 is 22.1. The molecule has 2 amide bonds. The van der Waals surface area contributed by atoms with Crippen molar-refractivity contribution >= 4 is 120 Å². The Balaban J connectivity index is 1.41. The Morgan fingerprint density at radius 3 is 2.37 bits per heavy atom. The number of thiocarbonyl (C=S) groups is 1. The van der Waals surface area contributed by atoms with Crippen molar-refractivity contribution in [1.29, 1.82) is 0 Å². The number of nitrogens with one attached hydrogen (secondary N) is 1. The van der Waals surface area contributed by atoms with Crippen molar-refractivity contribution in [3.63, 3.8) is 0 Å². The van der Waals surface area contributed by atoms with Gasteiger partial charge in [-0.3, -0.25) is 19.8 Å². The van der Waals surface area contributed by atoms with Crippen molar-refractivity contribution in [3.8, 4) is 5.75 Å². The van der Waals surface area contributed by atoms with Gasteiger partial charge < -0.3 is 4.74 Å². The number of fused-ring (bicyclic) bond motifs is 1. The fraction of sp³-hybridized carbons (Fsp3) is 0.0357. The molecule has 0 spiro atoms. The minimum Gasteiger partial charge on any atom is -0.487 e. The molecule has 1 aliphatic rings. The second kappa shape index (κ2) is 11.5. The molecule has 0 bridgehead atoms. The van der Waals surface area contributed by atoms with Crippen molar-refractivity contribution in [2.24, 2.45) is 0 Å². The van der Waals surface area contributed by atoms with Gasteiger partial charge in [-0.25, -0.2) is 0 Å². The molecule has 0 aliphatic carbocycles. The molecule has 1 heterocycles. The summed E-state index contributed by atoms with van der Waals surface area (Å²) in [6, 6.07) is 23.0. The molecule has 4 aromatic rings. The lowest BCUT2D eigenvalue weighted by molar-refractivity contribution is -0.122. The smallest absolute Gasteiger partial charge is 0.270 e. The van der Waals surface area contributed by atoms with E-state index in [0.717, 1.165) is 23.8 Å². The first-order valence-electron chi connectivity index (χ1n) is 11.2. The zero-order valence-corrected chi connectivity index (χ0v) is 25.9. The summed E-state index contributed by atoms with van der Waals surface area (Å²) in [6.07, 6.45) is 1.53. The Hall–Kier alpha value is -2.25. The van der Waals surface area contributed by atoms with Gasteiger partial charge in [-0.15, -0.1) is 0 Å². The second-order valence-electron chi connectivity index (χ2n) is 8.31. The minimum absolute atomic E-state index is 0.0667. The third-order valence-electron chi connectivity index (χ3n) is 5.80. The van der Waals surface area contributed by atoms with E-state index in [1.165, 1.54) is 16.4 Å². The molecular weight excluding hydrogens is 769 g/mol. The number of carbonyl (C=O) groups excluding carboxylic acids is 2. The van der Waals surface area contributed by atoms with E-state index in [9.17, 15) is 9.59 Å². The fourth-order valence-electron chi connectivity index (χ4n) is 3.99. The van der Waals surface area contributed by atoms with Gasteiger partial charge in [0.1, 0.15) is 17.9 Å². The molecule has 0 atom stereocenters. The Morgan fingerprint density at radius 2 is 1.63 bits per heavy atom. The SMILES string of the molecule is O=C1NC(=S)N(c2cccc(Cl)c2Cl)C(=O)/C1=C/c1cc(I)c(OCc2ccc3ccccc3c2)c(I)c1. The van der Waals surface area contributed by atoms with Crippen molar-refractivity contribution < 1.29 is 14.3 Å². The van der Waals surface area contributed by atoms with Gasteiger partial charge in [0.15, 0.2) is 5.11 Å². The normalized spacial score (nSPS) is 14.8. The highest BCUT2D eigenvalue weighted by molar-refractivity contribution is 14.1. The molecule has 0 aromatic heterocycles. The third kappa shape index (κ3) is 5.55. The van der Waals surface area contributed by atoms with Crippen LogP contribution in [0.5, 0.6) is 5.75 Å². The minimum atomic E-state index is -0.593. The quantitative estimate of drug-likeness (QED) is 0.0974. The summed E-state index contributed by atoms with van der Waals surface area (Å²) in [4.78, 5) is 27.3. The maximum absolute atomic E-state index is 13.4.